The number of hydrogen-bond donors (Lipinski definition) is 2. The van der Waals surface area contributed by atoms with Crippen LogP contribution in [0.1, 0.15) is 22.3 Å². The van der Waals surface area contributed by atoms with Gasteiger partial charge in [-0.05, 0) is 33.6 Å². The van der Waals surface area contributed by atoms with Crippen molar-refractivity contribution in [1.82, 2.24) is 19.6 Å². The largest absolute Gasteiger partial charge is 0.478 e. The molecule has 0 aliphatic rings. The van der Waals surface area contributed by atoms with Gasteiger partial charge in [0, 0.05) is 31.0 Å². The van der Waals surface area contributed by atoms with E-state index < -0.39 is 5.97 Å². The van der Waals surface area contributed by atoms with Crippen LogP contribution in [0.25, 0.3) is 0 Å². The third kappa shape index (κ3) is 4.79. The zero-order valence-corrected chi connectivity index (χ0v) is 15.3. The van der Waals surface area contributed by atoms with E-state index in [0.29, 0.717) is 18.8 Å². The Hall–Kier alpha value is -2.94. The highest BCUT2D eigenvalue weighted by Gasteiger charge is 2.08. The fourth-order valence-corrected chi connectivity index (χ4v) is 2.72. The molecule has 0 unspecified atom stereocenters. The smallest absolute Gasteiger partial charge is 0.338 e. The Kier molecular flexibility index (Phi) is 5.47. The van der Waals surface area contributed by atoms with Crippen molar-refractivity contribution in [2.24, 2.45) is 0 Å². The van der Waals surface area contributed by atoms with Gasteiger partial charge in [-0.25, -0.2) is 4.79 Å². The summed E-state index contributed by atoms with van der Waals surface area (Å²) in [5, 5.41) is 19.8. The lowest BCUT2D eigenvalue weighted by molar-refractivity contribution is -0.116. The molecular weight excluding hydrogens is 402 g/mol. The Labute approximate surface area is 157 Å². The van der Waals surface area contributed by atoms with Crippen LogP contribution in [0.15, 0.2) is 53.5 Å². The van der Waals surface area contributed by atoms with Crippen molar-refractivity contribution in [2.75, 3.05) is 5.32 Å². The summed E-state index contributed by atoms with van der Waals surface area (Å²) >= 11 is 3.36. The number of aromatic carboxylic acids is 1. The van der Waals surface area contributed by atoms with E-state index >= 15 is 0 Å². The van der Waals surface area contributed by atoms with Crippen LogP contribution < -0.4 is 5.32 Å². The summed E-state index contributed by atoms with van der Waals surface area (Å²) in [6.07, 6.45) is 6.45. The van der Waals surface area contributed by atoms with E-state index in [-0.39, 0.29) is 17.9 Å². The number of carboxylic acids is 1. The van der Waals surface area contributed by atoms with Gasteiger partial charge >= 0.3 is 5.97 Å². The van der Waals surface area contributed by atoms with E-state index in [1.165, 1.54) is 17.1 Å². The van der Waals surface area contributed by atoms with Crippen molar-refractivity contribution in [3.05, 3.63) is 64.7 Å². The van der Waals surface area contributed by atoms with Crippen molar-refractivity contribution in [3.63, 3.8) is 0 Å². The van der Waals surface area contributed by atoms with Crippen LogP contribution in [-0.2, 0) is 17.9 Å². The van der Waals surface area contributed by atoms with E-state index in [1.807, 2.05) is 30.5 Å². The van der Waals surface area contributed by atoms with Gasteiger partial charge < -0.3 is 10.4 Å². The van der Waals surface area contributed by atoms with Crippen LogP contribution in [0.2, 0.25) is 0 Å². The van der Waals surface area contributed by atoms with E-state index in [9.17, 15) is 9.59 Å². The predicted molar refractivity (Wildman–Crippen MR) is 97.9 cm³/mol. The third-order valence-corrected chi connectivity index (χ3v) is 4.01. The minimum absolute atomic E-state index is 0.100. The summed E-state index contributed by atoms with van der Waals surface area (Å²) in [7, 11) is 0. The number of benzene rings is 1. The summed E-state index contributed by atoms with van der Waals surface area (Å²) in [4.78, 5) is 22.9. The number of carbonyl (C=O) groups excluding carboxylic acids is 1. The number of anilines is 1. The first-order valence-electron chi connectivity index (χ1n) is 7.82. The Bertz CT molecular complexity index is 934. The highest BCUT2D eigenvalue weighted by Crippen LogP contribution is 2.14. The molecule has 8 nitrogen and oxygen atoms in total. The molecule has 0 aliphatic carbocycles. The lowest BCUT2D eigenvalue weighted by Gasteiger charge is -2.08. The average Bonchev–Trinajstić information content (AvgIpc) is 3.22. The molecule has 3 aromatic rings. The number of aromatic nitrogens is 4. The van der Waals surface area contributed by atoms with Gasteiger partial charge in [0.15, 0.2) is 0 Å². The van der Waals surface area contributed by atoms with Crippen LogP contribution in [0.5, 0.6) is 0 Å². The highest BCUT2D eigenvalue weighted by atomic mass is 79.9. The maximum atomic E-state index is 12.1. The molecule has 0 aliphatic heterocycles. The number of hydrogen-bond acceptors (Lipinski definition) is 4. The lowest BCUT2D eigenvalue weighted by Crippen LogP contribution is -2.15. The molecule has 0 spiro atoms. The van der Waals surface area contributed by atoms with Gasteiger partial charge in [-0.2, -0.15) is 10.2 Å². The van der Waals surface area contributed by atoms with Crippen LogP contribution >= 0.6 is 15.9 Å². The molecule has 1 aromatic carbocycles. The van der Waals surface area contributed by atoms with Crippen LogP contribution in [0.4, 0.5) is 5.69 Å². The second-order valence-electron chi connectivity index (χ2n) is 5.65. The highest BCUT2D eigenvalue weighted by molar-refractivity contribution is 9.10. The Morgan fingerprint density at radius 3 is 2.65 bits per heavy atom. The van der Waals surface area contributed by atoms with Crippen molar-refractivity contribution in [1.29, 1.82) is 0 Å². The van der Waals surface area contributed by atoms with E-state index in [4.69, 9.17) is 5.11 Å². The molecule has 0 bridgehead atoms. The Morgan fingerprint density at radius 2 is 1.96 bits per heavy atom. The van der Waals surface area contributed by atoms with Crippen molar-refractivity contribution < 1.29 is 14.7 Å². The molecule has 0 saturated heterocycles. The second-order valence-corrected chi connectivity index (χ2v) is 6.57. The van der Waals surface area contributed by atoms with E-state index in [2.05, 4.69) is 31.4 Å². The molecule has 2 aromatic heterocycles. The molecule has 1 amide bonds. The van der Waals surface area contributed by atoms with Gasteiger partial charge in [-0.1, -0.05) is 12.1 Å². The molecule has 0 radical (unpaired) electrons. The van der Waals surface area contributed by atoms with Crippen molar-refractivity contribution in [2.45, 2.75) is 19.5 Å². The van der Waals surface area contributed by atoms with Crippen LogP contribution in [-0.4, -0.2) is 36.5 Å². The zero-order chi connectivity index (χ0) is 18.5. The monoisotopic (exact) mass is 417 g/mol. The first kappa shape index (κ1) is 17.9. The molecule has 2 heterocycles. The minimum atomic E-state index is -1.04. The summed E-state index contributed by atoms with van der Waals surface area (Å²) in [5.74, 6) is -1.21. The van der Waals surface area contributed by atoms with Gasteiger partial charge in [0.2, 0.25) is 5.91 Å². The van der Waals surface area contributed by atoms with Gasteiger partial charge in [-0.3, -0.25) is 14.2 Å². The molecule has 9 heteroatoms. The summed E-state index contributed by atoms with van der Waals surface area (Å²) < 4.78 is 4.14. The third-order valence-electron chi connectivity index (χ3n) is 3.61. The number of carboxylic acid groups (broad SMARTS) is 1. The average molecular weight is 418 g/mol. The number of nitrogens with zero attached hydrogens (tertiary/aromatic N) is 4. The molecule has 0 atom stereocenters. The number of aryl methyl sites for hydroxylation is 1. The number of nitrogens with one attached hydrogen (secondary N) is 1. The summed E-state index contributed by atoms with van der Waals surface area (Å²) in [5.41, 5.74) is 1.81. The van der Waals surface area contributed by atoms with E-state index in [0.717, 1.165) is 10.0 Å². The number of amides is 1. The zero-order valence-electron chi connectivity index (χ0n) is 13.7. The van der Waals surface area contributed by atoms with Gasteiger partial charge in [0.1, 0.15) is 0 Å². The number of carbonyl (C=O) groups is 2. The molecule has 3 rings (SSSR count). The minimum Gasteiger partial charge on any atom is -0.478 e. The quantitative estimate of drug-likeness (QED) is 0.614. The van der Waals surface area contributed by atoms with Crippen molar-refractivity contribution in [3.8, 4) is 0 Å². The molecule has 0 fully saturated rings. The molecular formula is C17H16BrN5O3. The van der Waals surface area contributed by atoms with Crippen LogP contribution in [0, 0.1) is 0 Å². The normalized spacial score (nSPS) is 10.7. The standard InChI is InChI=1S/C17H16BrN5O3/c18-14-8-20-23(11-14)9-12-2-1-3-15(6-12)21-16(24)4-5-22-10-13(7-19-22)17(25)26/h1-3,6-8,10-11H,4-5,9H2,(H,21,24)(H,25,26). The maximum absolute atomic E-state index is 12.1. The number of halogens is 1. The summed E-state index contributed by atoms with van der Waals surface area (Å²) in [6.45, 7) is 0.903. The maximum Gasteiger partial charge on any atom is 0.338 e. The van der Waals surface area contributed by atoms with Crippen molar-refractivity contribution >= 4 is 33.5 Å². The predicted octanol–water partition coefficient (Wildman–Crippen LogP) is 2.62. The molecule has 2 N–H and O–H groups in total. The van der Waals surface area contributed by atoms with Gasteiger partial charge in [-0.15, -0.1) is 0 Å². The Morgan fingerprint density at radius 1 is 1.15 bits per heavy atom. The van der Waals surface area contributed by atoms with Crippen LogP contribution in [0.3, 0.4) is 0 Å². The molecule has 26 heavy (non-hydrogen) atoms. The fraction of sp³-hybridized carbons (Fsp3) is 0.176. The molecule has 0 saturated carbocycles. The Balaban J connectivity index is 1.55. The SMILES string of the molecule is O=C(CCn1cc(C(=O)O)cn1)Nc1cccc(Cn2cc(Br)cn2)c1. The lowest BCUT2D eigenvalue weighted by atomic mass is 10.2. The van der Waals surface area contributed by atoms with E-state index in [1.54, 1.807) is 10.9 Å². The molecule has 134 valence electrons. The van der Waals surface area contributed by atoms with Gasteiger partial charge in [0.25, 0.3) is 0 Å². The topological polar surface area (TPSA) is 102 Å². The van der Waals surface area contributed by atoms with Gasteiger partial charge in [0.05, 0.1) is 29.0 Å². The first-order valence-corrected chi connectivity index (χ1v) is 8.61. The summed E-state index contributed by atoms with van der Waals surface area (Å²) in [6, 6.07) is 7.54. The first-order chi connectivity index (χ1) is 12.5. The fourth-order valence-electron chi connectivity index (χ4n) is 2.40. The number of rotatable bonds is 7. The second kappa shape index (κ2) is 7.96.